The van der Waals surface area contributed by atoms with Gasteiger partial charge in [-0.1, -0.05) is 18.9 Å². The van der Waals surface area contributed by atoms with Crippen LogP contribution in [0.2, 0.25) is 0 Å². The molecule has 1 aromatic carbocycles. The van der Waals surface area contributed by atoms with Crippen LogP contribution in [0.4, 0.5) is 4.39 Å². The third-order valence-corrected chi connectivity index (χ3v) is 4.86. The van der Waals surface area contributed by atoms with Gasteiger partial charge in [0.2, 0.25) is 0 Å². The molecule has 1 saturated carbocycles. The lowest BCUT2D eigenvalue weighted by molar-refractivity contribution is 0.176. The van der Waals surface area contributed by atoms with Crippen molar-refractivity contribution in [3.8, 4) is 0 Å². The monoisotopic (exact) mass is 275 g/mol. The minimum atomic E-state index is -0.323. The third kappa shape index (κ3) is 2.57. The summed E-state index contributed by atoms with van der Waals surface area (Å²) in [5.41, 5.74) is 7.11. The molecular formula is C16H22FN3. The second kappa shape index (κ2) is 5.52. The average Bonchev–Trinajstić information content (AvgIpc) is 2.84. The summed E-state index contributed by atoms with van der Waals surface area (Å²) in [6, 6.07) is 5.30. The fraction of sp³-hybridized carbons (Fsp3) is 0.562. The predicted octanol–water partition coefficient (Wildman–Crippen LogP) is 2.87. The number of nitrogen functional groups attached to an aromatic ring is 1. The molecule has 3 nitrogen and oxygen atoms in total. The standard InChI is InChI=1S/C16H22FN3/c17-13-6-5-12(14(9-13)16(18)19)10-20-8-7-11-3-1-2-4-15(11)20/h5-6,9,11,15H,1-4,7-8,10H2,(H3,18,19). The lowest BCUT2D eigenvalue weighted by atomic mass is 9.85. The third-order valence-electron chi connectivity index (χ3n) is 4.86. The first-order valence-corrected chi connectivity index (χ1v) is 7.52. The summed E-state index contributed by atoms with van der Waals surface area (Å²) < 4.78 is 13.3. The Labute approximate surface area is 119 Å². The van der Waals surface area contributed by atoms with Crippen molar-refractivity contribution in [2.45, 2.75) is 44.7 Å². The van der Waals surface area contributed by atoms with Crippen LogP contribution < -0.4 is 5.73 Å². The molecule has 0 radical (unpaired) electrons. The van der Waals surface area contributed by atoms with Crippen LogP contribution in [0, 0.1) is 17.1 Å². The average molecular weight is 275 g/mol. The summed E-state index contributed by atoms with van der Waals surface area (Å²) in [4.78, 5) is 2.50. The number of benzene rings is 1. The van der Waals surface area contributed by atoms with Crippen LogP contribution in [0.1, 0.15) is 43.2 Å². The quantitative estimate of drug-likeness (QED) is 0.658. The Morgan fingerprint density at radius 3 is 2.90 bits per heavy atom. The Morgan fingerprint density at radius 1 is 1.30 bits per heavy atom. The predicted molar refractivity (Wildman–Crippen MR) is 78.2 cm³/mol. The van der Waals surface area contributed by atoms with Gasteiger partial charge >= 0.3 is 0 Å². The van der Waals surface area contributed by atoms with Gasteiger partial charge in [0.1, 0.15) is 11.7 Å². The highest BCUT2D eigenvalue weighted by molar-refractivity contribution is 5.96. The molecule has 2 atom stereocenters. The number of nitrogens with two attached hydrogens (primary N) is 1. The molecule has 3 N–H and O–H groups in total. The second-order valence-electron chi connectivity index (χ2n) is 6.09. The summed E-state index contributed by atoms with van der Waals surface area (Å²) in [6.45, 7) is 1.90. The van der Waals surface area contributed by atoms with Crippen molar-refractivity contribution in [3.05, 3.63) is 35.1 Å². The van der Waals surface area contributed by atoms with E-state index in [2.05, 4.69) is 4.90 Å². The zero-order valence-electron chi connectivity index (χ0n) is 11.7. The van der Waals surface area contributed by atoms with E-state index in [1.54, 1.807) is 6.07 Å². The SMILES string of the molecule is N=C(N)c1cc(F)ccc1CN1CCC2CCCCC21. The van der Waals surface area contributed by atoms with E-state index < -0.39 is 0 Å². The first-order chi connectivity index (χ1) is 9.65. The highest BCUT2D eigenvalue weighted by atomic mass is 19.1. The topological polar surface area (TPSA) is 53.1 Å². The van der Waals surface area contributed by atoms with Crippen LogP contribution in [-0.2, 0) is 6.54 Å². The lowest BCUT2D eigenvalue weighted by Gasteiger charge is -2.32. The number of nitrogens with one attached hydrogen (secondary N) is 1. The Bertz CT molecular complexity index is 514. The van der Waals surface area contributed by atoms with E-state index in [1.165, 1.54) is 44.2 Å². The van der Waals surface area contributed by atoms with Crippen LogP contribution in [0.3, 0.4) is 0 Å². The lowest BCUT2D eigenvalue weighted by Crippen LogP contribution is -2.34. The zero-order chi connectivity index (χ0) is 14.1. The van der Waals surface area contributed by atoms with Crippen molar-refractivity contribution in [1.29, 1.82) is 5.41 Å². The van der Waals surface area contributed by atoms with Crippen molar-refractivity contribution in [2.24, 2.45) is 11.7 Å². The minimum absolute atomic E-state index is 0.0427. The van der Waals surface area contributed by atoms with Crippen molar-refractivity contribution in [1.82, 2.24) is 4.90 Å². The van der Waals surface area contributed by atoms with Crippen molar-refractivity contribution in [3.63, 3.8) is 0 Å². The normalized spacial score (nSPS) is 26.4. The van der Waals surface area contributed by atoms with E-state index in [-0.39, 0.29) is 11.7 Å². The van der Waals surface area contributed by atoms with E-state index in [4.69, 9.17) is 11.1 Å². The van der Waals surface area contributed by atoms with Crippen molar-refractivity contribution < 1.29 is 4.39 Å². The molecular weight excluding hydrogens is 253 g/mol. The van der Waals surface area contributed by atoms with E-state index in [0.717, 1.165) is 24.6 Å². The molecule has 20 heavy (non-hydrogen) atoms. The molecule has 2 unspecified atom stereocenters. The molecule has 2 fully saturated rings. The van der Waals surface area contributed by atoms with Gasteiger partial charge in [0.25, 0.3) is 0 Å². The van der Waals surface area contributed by atoms with E-state index in [1.807, 2.05) is 0 Å². The maximum Gasteiger partial charge on any atom is 0.123 e. The van der Waals surface area contributed by atoms with E-state index in [9.17, 15) is 4.39 Å². The molecule has 3 rings (SSSR count). The van der Waals surface area contributed by atoms with Crippen molar-refractivity contribution in [2.75, 3.05) is 6.54 Å². The maximum atomic E-state index is 13.3. The van der Waals surface area contributed by atoms with Crippen LogP contribution in [0.5, 0.6) is 0 Å². The molecule has 1 aliphatic heterocycles. The van der Waals surface area contributed by atoms with Crippen molar-refractivity contribution >= 4 is 5.84 Å². The van der Waals surface area contributed by atoms with Gasteiger partial charge in [0.05, 0.1) is 0 Å². The fourth-order valence-corrected chi connectivity index (χ4v) is 3.86. The first-order valence-electron chi connectivity index (χ1n) is 7.52. The van der Waals surface area contributed by atoms with Gasteiger partial charge in [-0.15, -0.1) is 0 Å². The van der Waals surface area contributed by atoms with Gasteiger partial charge in [0, 0.05) is 18.2 Å². The Morgan fingerprint density at radius 2 is 2.10 bits per heavy atom. The van der Waals surface area contributed by atoms with Gasteiger partial charge in [-0.3, -0.25) is 10.3 Å². The van der Waals surface area contributed by atoms with Crippen LogP contribution in [0.25, 0.3) is 0 Å². The van der Waals surface area contributed by atoms with Gasteiger partial charge in [-0.05, 0) is 49.4 Å². The number of rotatable bonds is 3. The zero-order valence-corrected chi connectivity index (χ0v) is 11.7. The number of amidine groups is 1. The highest BCUT2D eigenvalue weighted by Gasteiger charge is 2.35. The summed E-state index contributed by atoms with van der Waals surface area (Å²) in [7, 11) is 0. The van der Waals surface area contributed by atoms with Gasteiger partial charge in [-0.25, -0.2) is 4.39 Å². The molecule has 108 valence electrons. The van der Waals surface area contributed by atoms with Gasteiger partial charge in [0.15, 0.2) is 0 Å². The molecule has 1 heterocycles. The number of nitrogens with zero attached hydrogens (tertiary/aromatic N) is 1. The molecule has 1 saturated heterocycles. The Kier molecular flexibility index (Phi) is 3.74. The second-order valence-corrected chi connectivity index (χ2v) is 6.09. The first kappa shape index (κ1) is 13.6. The number of likely N-dealkylation sites (tertiary alicyclic amines) is 1. The summed E-state index contributed by atoms with van der Waals surface area (Å²) in [6.07, 6.45) is 6.59. The number of halogens is 1. The van der Waals surface area contributed by atoms with E-state index in [0.29, 0.717) is 11.6 Å². The summed E-state index contributed by atoms with van der Waals surface area (Å²) in [5, 5.41) is 7.62. The summed E-state index contributed by atoms with van der Waals surface area (Å²) >= 11 is 0. The van der Waals surface area contributed by atoms with Crippen LogP contribution in [-0.4, -0.2) is 23.3 Å². The van der Waals surface area contributed by atoms with Crippen LogP contribution >= 0.6 is 0 Å². The number of hydrogen-bond donors (Lipinski definition) is 2. The Balaban J connectivity index is 1.79. The molecule has 0 bridgehead atoms. The Hall–Kier alpha value is -1.42. The smallest absolute Gasteiger partial charge is 0.123 e. The molecule has 0 amide bonds. The molecule has 4 heteroatoms. The molecule has 1 aromatic rings. The maximum absolute atomic E-state index is 13.3. The van der Waals surface area contributed by atoms with Crippen LogP contribution in [0.15, 0.2) is 18.2 Å². The molecule has 0 aromatic heterocycles. The minimum Gasteiger partial charge on any atom is -0.384 e. The van der Waals surface area contributed by atoms with E-state index >= 15 is 0 Å². The fourth-order valence-electron chi connectivity index (χ4n) is 3.86. The largest absolute Gasteiger partial charge is 0.384 e. The van der Waals surface area contributed by atoms with Gasteiger partial charge < -0.3 is 5.73 Å². The highest BCUT2D eigenvalue weighted by Crippen LogP contribution is 2.37. The molecule has 0 spiro atoms. The number of hydrogen-bond acceptors (Lipinski definition) is 2. The number of fused-ring (bicyclic) bond motifs is 1. The summed E-state index contributed by atoms with van der Waals surface area (Å²) in [5.74, 6) is 0.472. The molecule has 1 aliphatic carbocycles. The molecule has 2 aliphatic rings. The van der Waals surface area contributed by atoms with Gasteiger partial charge in [-0.2, -0.15) is 0 Å².